The van der Waals surface area contributed by atoms with Gasteiger partial charge < -0.3 is 10.6 Å². The van der Waals surface area contributed by atoms with Crippen molar-refractivity contribution in [2.75, 3.05) is 28.7 Å². The van der Waals surface area contributed by atoms with Gasteiger partial charge in [-0.1, -0.05) is 6.08 Å². The van der Waals surface area contributed by atoms with Crippen molar-refractivity contribution in [1.82, 2.24) is 9.97 Å². The molecular formula is C11H16N4O2S. The molecule has 1 aromatic heterocycles. The minimum Gasteiger partial charge on any atom is -0.366 e. The van der Waals surface area contributed by atoms with E-state index in [1.54, 1.807) is 18.3 Å². The molecule has 2 rings (SSSR count). The Morgan fingerprint density at radius 1 is 1.56 bits per heavy atom. The van der Waals surface area contributed by atoms with Gasteiger partial charge in [0.05, 0.1) is 11.5 Å². The van der Waals surface area contributed by atoms with Crippen molar-refractivity contribution in [2.24, 2.45) is 0 Å². The molecule has 18 heavy (non-hydrogen) atoms. The highest BCUT2D eigenvalue weighted by Gasteiger charge is 2.27. The van der Waals surface area contributed by atoms with E-state index in [2.05, 4.69) is 27.2 Å². The highest BCUT2D eigenvalue weighted by Crippen LogP contribution is 2.16. The van der Waals surface area contributed by atoms with E-state index in [1.165, 1.54) is 0 Å². The normalized spacial score (nSPS) is 21.4. The first kappa shape index (κ1) is 12.8. The van der Waals surface area contributed by atoms with Gasteiger partial charge in [-0.25, -0.2) is 13.4 Å². The van der Waals surface area contributed by atoms with Crippen molar-refractivity contribution in [3.05, 3.63) is 24.9 Å². The third-order valence-electron chi connectivity index (χ3n) is 2.64. The molecule has 1 aliphatic rings. The van der Waals surface area contributed by atoms with Gasteiger partial charge in [0.25, 0.3) is 0 Å². The summed E-state index contributed by atoms with van der Waals surface area (Å²) in [4.78, 5) is 8.30. The lowest BCUT2D eigenvalue weighted by atomic mass is 10.2. The molecule has 0 radical (unpaired) electrons. The van der Waals surface area contributed by atoms with Crippen molar-refractivity contribution in [3.8, 4) is 0 Å². The smallest absolute Gasteiger partial charge is 0.224 e. The van der Waals surface area contributed by atoms with Crippen LogP contribution in [0.4, 0.5) is 11.8 Å². The molecule has 1 saturated heterocycles. The number of aromatic nitrogens is 2. The lowest BCUT2D eigenvalue weighted by molar-refractivity contribution is 0.602. The van der Waals surface area contributed by atoms with Gasteiger partial charge in [0.2, 0.25) is 5.95 Å². The van der Waals surface area contributed by atoms with Crippen molar-refractivity contribution >= 4 is 21.6 Å². The summed E-state index contributed by atoms with van der Waals surface area (Å²) in [6.45, 7) is 4.18. The zero-order valence-electron chi connectivity index (χ0n) is 9.96. The van der Waals surface area contributed by atoms with E-state index in [0.717, 1.165) is 0 Å². The standard InChI is InChI=1S/C11H16N4O2S/c1-2-5-12-11-13-6-3-10(15-11)14-9-4-7-18(16,17)8-9/h2-3,6,9H,1,4-5,7-8H2,(H2,12,13,14,15). The molecule has 6 nitrogen and oxygen atoms in total. The van der Waals surface area contributed by atoms with Crippen molar-refractivity contribution < 1.29 is 8.42 Å². The Morgan fingerprint density at radius 2 is 2.39 bits per heavy atom. The zero-order valence-corrected chi connectivity index (χ0v) is 10.8. The summed E-state index contributed by atoms with van der Waals surface area (Å²) < 4.78 is 22.7. The number of sulfone groups is 1. The summed E-state index contributed by atoms with van der Waals surface area (Å²) in [7, 11) is -2.87. The molecule has 7 heteroatoms. The molecule has 0 saturated carbocycles. The van der Waals surface area contributed by atoms with Gasteiger partial charge in [0.15, 0.2) is 9.84 Å². The molecule has 1 unspecified atom stereocenters. The second kappa shape index (κ2) is 5.34. The van der Waals surface area contributed by atoms with Crippen LogP contribution >= 0.6 is 0 Å². The largest absolute Gasteiger partial charge is 0.366 e. The Hall–Kier alpha value is -1.63. The molecule has 2 N–H and O–H groups in total. The van der Waals surface area contributed by atoms with Crippen LogP contribution in [0.25, 0.3) is 0 Å². The van der Waals surface area contributed by atoms with Gasteiger partial charge in [-0.2, -0.15) is 4.98 Å². The fourth-order valence-electron chi connectivity index (χ4n) is 1.81. The number of hydrogen-bond acceptors (Lipinski definition) is 6. The predicted octanol–water partition coefficient (Wildman–Crippen LogP) is 0.673. The molecule has 0 aliphatic carbocycles. The summed E-state index contributed by atoms with van der Waals surface area (Å²) in [6.07, 6.45) is 3.97. The average Bonchev–Trinajstić information content (AvgIpc) is 2.66. The maximum atomic E-state index is 11.3. The Kier molecular flexibility index (Phi) is 3.81. The van der Waals surface area contributed by atoms with Gasteiger partial charge in [0.1, 0.15) is 5.82 Å². The fourth-order valence-corrected chi connectivity index (χ4v) is 3.48. The predicted molar refractivity (Wildman–Crippen MR) is 71.4 cm³/mol. The quantitative estimate of drug-likeness (QED) is 0.764. The highest BCUT2D eigenvalue weighted by atomic mass is 32.2. The Morgan fingerprint density at radius 3 is 3.06 bits per heavy atom. The van der Waals surface area contributed by atoms with Crippen molar-refractivity contribution in [2.45, 2.75) is 12.5 Å². The molecule has 0 amide bonds. The van der Waals surface area contributed by atoms with Crippen LogP contribution < -0.4 is 10.6 Å². The second-order valence-corrected chi connectivity index (χ2v) is 6.41. The molecule has 98 valence electrons. The van der Waals surface area contributed by atoms with Gasteiger partial charge in [-0.3, -0.25) is 0 Å². The number of nitrogens with one attached hydrogen (secondary N) is 2. The maximum absolute atomic E-state index is 11.3. The molecule has 1 aliphatic heterocycles. The van der Waals surface area contributed by atoms with E-state index in [1.807, 2.05) is 0 Å². The first-order chi connectivity index (χ1) is 8.59. The lowest BCUT2D eigenvalue weighted by Crippen LogP contribution is -2.21. The first-order valence-electron chi connectivity index (χ1n) is 5.74. The minimum atomic E-state index is -2.87. The van der Waals surface area contributed by atoms with Crippen LogP contribution in [0.2, 0.25) is 0 Å². The average molecular weight is 268 g/mol. The zero-order chi connectivity index (χ0) is 13.0. The number of rotatable bonds is 5. The van der Waals surface area contributed by atoms with E-state index >= 15 is 0 Å². The molecule has 0 spiro atoms. The molecule has 1 atom stereocenters. The van der Waals surface area contributed by atoms with Crippen LogP contribution in [0.5, 0.6) is 0 Å². The molecule has 0 bridgehead atoms. The van der Waals surface area contributed by atoms with E-state index in [0.29, 0.717) is 24.7 Å². The van der Waals surface area contributed by atoms with Gasteiger partial charge >= 0.3 is 0 Å². The topological polar surface area (TPSA) is 84.0 Å². The third kappa shape index (κ3) is 3.43. The van der Waals surface area contributed by atoms with E-state index in [-0.39, 0.29) is 17.5 Å². The summed E-state index contributed by atoms with van der Waals surface area (Å²) >= 11 is 0. The number of nitrogens with zero attached hydrogens (tertiary/aromatic N) is 2. The molecule has 1 fully saturated rings. The van der Waals surface area contributed by atoms with Gasteiger partial charge in [-0.15, -0.1) is 6.58 Å². The fraction of sp³-hybridized carbons (Fsp3) is 0.455. The van der Waals surface area contributed by atoms with Gasteiger partial charge in [-0.05, 0) is 12.5 Å². The van der Waals surface area contributed by atoms with Crippen LogP contribution in [0.15, 0.2) is 24.9 Å². The van der Waals surface area contributed by atoms with E-state index in [9.17, 15) is 8.42 Å². The Balaban J connectivity index is 1.99. The monoisotopic (exact) mass is 268 g/mol. The highest BCUT2D eigenvalue weighted by molar-refractivity contribution is 7.91. The van der Waals surface area contributed by atoms with E-state index < -0.39 is 9.84 Å². The maximum Gasteiger partial charge on any atom is 0.224 e. The van der Waals surface area contributed by atoms with Crippen LogP contribution in [-0.2, 0) is 9.84 Å². The summed E-state index contributed by atoms with van der Waals surface area (Å²) in [5.41, 5.74) is 0. The summed E-state index contributed by atoms with van der Waals surface area (Å²) in [5.74, 6) is 1.56. The van der Waals surface area contributed by atoms with Crippen LogP contribution in [0.1, 0.15) is 6.42 Å². The number of anilines is 2. The molecule has 0 aromatic carbocycles. The van der Waals surface area contributed by atoms with Crippen LogP contribution in [0, 0.1) is 0 Å². The first-order valence-corrected chi connectivity index (χ1v) is 7.56. The Labute approximate surface area is 106 Å². The minimum absolute atomic E-state index is 0.0582. The third-order valence-corrected chi connectivity index (χ3v) is 4.41. The molecule has 2 heterocycles. The van der Waals surface area contributed by atoms with Crippen molar-refractivity contribution in [1.29, 1.82) is 0 Å². The van der Waals surface area contributed by atoms with Crippen molar-refractivity contribution in [3.63, 3.8) is 0 Å². The summed E-state index contributed by atoms with van der Waals surface area (Å²) in [5, 5.41) is 6.09. The second-order valence-electron chi connectivity index (χ2n) is 4.18. The molecule has 1 aromatic rings. The Bertz CT molecular complexity index is 530. The number of hydrogen-bond donors (Lipinski definition) is 2. The van der Waals surface area contributed by atoms with E-state index in [4.69, 9.17) is 0 Å². The van der Waals surface area contributed by atoms with Gasteiger partial charge in [0, 0.05) is 18.8 Å². The van der Waals surface area contributed by atoms with Crippen LogP contribution in [0.3, 0.4) is 0 Å². The molecular weight excluding hydrogens is 252 g/mol. The lowest BCUT2D eigenvalue weighted by Gasteiger charge is -2.12. The summed E-state index contributed by atoms with van der Waals surface area (Å²) in [6, 6.07) is 1.67. The van der Waals surface area contributed by atoms with Crippen LogP contribution in [-0.4, -0.2) is 42.5 Å². The SMILES string of the molecule is C=CCNc1nccc(NC2CCS(=O)(=O)C2)n1.